The number of fused-ring (bicyclic) bond motifs is 4. The van der Waals surface area contributed by atoms with Crippen LogP contribution in [0.4, 0.5) is 0 Å². The molecule has 1 aromatic heterocycles. The van der Waals surface area contributed by atoms with Crippen LogP contribution in [0.1, 0.15) is 49.0 Å². The van der Waals surface area contributed by atoms with Crippen LogP contribution in [0.5, 0.6) is 0 Å². The molecular weight excluding hydrogens is 450 g/mol. The molecule has 2 aromatic carbocycles. The van der Waals surface area contributed by atoms with Crippen LogP contribution < -0.4 is 0 Å². The number of ether oxygens (including phenoxy) is 1. The molecule has 1 N–H and O–H groups in total. The third-order valence-electron chi connectivity index (χ3n) is 6.89. The van der Waals surface area contributed by atoms with Crippen molar-refractivity contribution in [3.8, 4) is 0 Å². The van der Waals surface area contributed by atoms with Gasteiger partial charge in [0.25, 0.3) is 0 Å². The average molecular weight is 480 g/mol. The van der Waals surface area contributed by atoms with Gasteiger partial charge < -0.3 is 19.5 Å². The first kappa shape index (κ1) is 22.9. The fraction of sp³-hybridized carbons (Fsp3) is 0.407. The van der Waals surface area contributed by atoms with Gasteiger partial charge in [-0.3, -0.25) is 9.59 Å². The van der Waals surface area contributed by atoms with Gasteiger partial charge >= 0.3 is 0 Å². The Labute approximate surface area is 204 Å². The first-order chi connectivity index (χ1) is 16.6. The predicted molar refractivity (Wildman–Crippen MR) is 133 cm³/mol. The molecule has 178 valence electrons. The molecule has 2 aliphatic rings. The number of para-hydroxylation sites is 1. The molecule has 3 heterocycles. The number of nitrogens with zero attached hydrogens (tertiary/aromatic N) is 2. The topological polar surface area (TPSA) is 65.6 Å². The van der Waals surface area contributed by atoms with Gasteiger partial charge in [-0.2, -0.15) is 0 Å². The van der Waals surface area contributed by atoms with Crippen molar-refractivity contribution in [1.29, 1.82) is 0 Å². The summed E-state index contributed by atoms with van der Waals surface area (Å²) >= 11 is 6.15. The van der Waals surface area contributed by atoms with Crippen LogP contribution in [0, 0.1) is 0 Å². The second-order valence-electron chi connectivity index (χ2n) is 9.12. The standard InChI is InChI=1S/C27H30ClN3O3/c1-2-3-14-34-15-6-13-30-17-24(32)31-23(27(30)33)16-21-20-7-4-5-8-22(20)29-25(21)26(31)18-9-11-19(28)12-10-18/h4-5,7-12,23,26,29H,2-3,6,13-17H2,1H3/t23-,26+/m1/s1. The van der Waals surface area contributed by atoms with Crippen LogP contribution in [0.15, 0.2) is 48.5 Å². The number of carbonyl (C=O) groups excluding carboxylic acids is 2. The Balaban J connectivity index is 1.46. The molecule has 2 amide bonds. The SMILES string of the molecule is CCCCOCCCN1CC(=O)N2[C@@H](c3ccc(Cl)cc3)c3[nH]c4ccccc4c3C[C@@H]2C1=O. The number of H-pyrrole nitrogens is 1. The van der Waals surface area contributed by atoms with Gasteiger partial charge in [0, 0.05) is 47.8 Å². The Morgan fingerprint density at radius 3 is 2.62 bits per heavy atom. The highest BCUT2D eigenvalue weighted by Gasteiger charge is 2.48. The number of carbonyl (C=O) groups is 2. The lowest BCUT2D eigenvalue weighted by molar-refractivity contribution is -0.158. The lowest BCUT2D eigenvalue weighted by atomic mass is 9.86. The fourth-order valence-corrected chi connectivity index (χ4v) is 5.34. The van der Waals surface area contributed by atoms with E-state index in [1.165, 1.54) is 0 Å². The third kappa shape index (κ3) is 4.21. The Kier molecular flexibility index (Phi) is 6.61. The summed E-state index contributed by atoms with van der Waals surface area (Å²) in [6.45, 7) is 4.11. The molecule has 34 heavy (non-hydrogen) atoms. The van der Waals surface area contributed by atoms with Gasteiger partial charge in [-0.05, 0) is 42.2 Å². The zero-order chi connectivity index (χ0) is 23.7. The number of unbranched alkanes of at least 4 members (excludes halogenated alkanes) is 1. The number of amides is 2. The highest BCUT2D eigenvalue weighted by molar-refractivity contribution is 6.30. The van der Waals surface area contributed by atoms with E-state index in [9.17, 15) is 9.59 Å². The lowest BCUT2D eigenvalue weighted by Gasteiger charge is -2.47. The minimum atomic E-state index is -0.519. The number of rotatable bonds is 8. The maximum atomic E-state index is 13.6. The van der Waals surface area contributed by atoms with E-state index in [2.05, 4.69) is 18.0 Å². The molecule has 0 aliphatic carbocycles. The van der Waals surface area contributed by atoms with Crippen molar-refractivity contribution in [1.82, 2.24) is 14.8 Å². The normalized spacial score (nSPS) is 20.1. The highest BCUT2D eigenvalue weighted by atomic mass is 35.5. The molecule has 2 atom stereocenters. The minimum absolute atomic E-state index is 0.0167. The van der Waals surface area contributed by atoms with Crippen molar-refractivity contribution in [3.63, 3.8) is 0 Å². The summed E-state index contributed by atoms with van der Waals surface area (Å²) in [4.78, 5) is 34.2. The molecule has 6 nitrogen and oxygen atoms in total. The van der Waals surface area contributed by atoms with Crippen LogP contribution in [-0.4, -0.2) is 58.9 Å². The van der Waals surface area contributed by atoms with Crippen molar-refractivity contribution in [2.75, 3.05) is 26.3 Å². The van der Waals surface area contributed by atoms with Crippen molar-refractivity contribution in [3.05, 3.63) is 70.4 Å². The second-order valence-corrected chi connectivity index (χ2v) is 9.55. The Morgan fingerprint density at radius 2 is 1.82 bits per heavy atom. The minimum Gasteiger partial charge on any atom is -0.381 e. The maximum absolute atomic E-state index is 13.6. The number of aromatic nitrogens is 1. The van der Waals surface area contributed by atoms with E-state index in [1.807, 2.05) is 42.5 Å². The van der Waals surface area contributed by atoms with Gasteiger partial charge in [0.2, 0.25) is 11.8 Å². The summed E-state index contributed by atoms with van der Waals surface area (Å²) in [6, 6.07) is 14.8. The van der Waals surface area contributed by atoms with Gasteiger partial charge in [-0.1, -0.05) is 55.3 Å². The average Bonchev–Trinajstić information content (AvgIpc) is 3.22. The molecule has 5 rings (SSSR count). The molecule has 0 unspecified atom stereocenters. The molecule has 0 spiro atoms. The van der Waals surface area contributed by atoms with E-state index in [0.717, 1.165) is 53.6 Å². The molecule has 3 aromatic rings. The molecule has 0 saturated carbocycles. The van der Waals surface area contributed by atoms with Crippen LogP contribution in [0.3, 0.4) is 0 Å². The molecule has 7 heteroatoms. The molecule has 0 radical (unpaired) electrons. The fourth-order valence-electron chi connectivity index (χ4n) is 5.21. The summed E-state index contributed by atoms with van der Waals surface area (Å²) in [5.41, 5.74) is 4.06. The van der Waals surface area contributed by atoms with E-state index >= 15 is 0 Å². The van der Waals surface area contributed by atoms with Gasteiger partial charge in [-0.15, -0.1) is 0 Å². The van der Waals surface area contributed by atoms with E-state index in [-0.39, 0.29) is 24.4 Å². The van der Waals surface area contributed by atoms with Gasteiger partial charge in [0.15, 0.2) is 0 Å². The first-order valence-electron chi connectivity index (χ1n) is 12.1. The largest absolute Gasteiger partial charge is 0.381 e. The van der Waals surface area contributed by atoms with E-state index in [4.69, 9.17) is 16.3 Å². The van der Waals surface area contributed by atoms with Crippen LogP contribution in [0.25, 0.3) is 10.9 Å². The highest BCUT2D eigenvalue weighted by Crippen LogP contribution is 2.42. The van der Waals surface area contributed by atoms with Crippen molar-refractivity contribution >= 4 is 34.3 Å². The smallest absolute Gasteiger partial charge is 0.246 e. The predicted octanol–water partition coefficient (Wildman–Crippen LogP) is 4.71. The van der Waals surface area contributed by atoms with Crippen molar-refractivity contribution < 1.29 is 14.3 Å². The van der Waals surface area contributed by atoms with Gasteiger partial charge in [0.1, 0.15) is 6.04 Å². The van der Waals surface area contributed by atoms with E-state index < -0.39 is 6.04 Å². The maximum Gasteiger partial charge on any atom is 0.246 e. The lowest BCUT2D eigenvalue weighted by Crippen LogP contribution is -2.63. The number of nitrogens with one attached hydrogen (secondary N) is 1. The zero-order valence-corrected chi connectivity index (χ0v) is 20.2. The quantitative estimate of drug-likeness (QED) is 0.476. The molecule has 1 fully saturated rings. The number of halogens is 1. The number of benzene rings is 2. The number of aromatic amines is 1. The molecular formula is C27H30ClN3O3. The van der Waals surface area contributed by atoms with E-state index in [1.54, 1.807) is 9.80 Å². The Hall–Kier alpha value is -2.83. The molecule has 0 bridgehead atoms. The van der Waals surface area contributed by atoms with E-state index in [0.29, 0.717) is 24.6 Å². The number of hydrogen-bond donors (Lipinski definition) is 1. The summed E-state index contributed by atoms with van der Waals surface area (Å²) < 4.78 is 5.65. The first-order valence-corrected chi connectivity index (χ1v) is 12.5. The zero-order valence-electron chi connectivity index (χ0n) is 19.4. The third-order valence-corrected chi connectivity index (χ3v) is 7.14. The van der Waals surface area contributed by atoms with Crippen LogP contribution in [0.2, 0.25) is 5.02 Å². The summed E-state index contributed by atoms with van der Waals surface area (Å²) in [7, 11) is 0. The van der Waals surface area contributed by atoms with Gasteiger partial charge in [0.05, 0.1) is 12.6 Å². The second kappa shape index (κ2) is 9.80. The number of piperazine rings is 1. The Morgan fingerprint density at radius 1 is 1.06 bits per heavy atom. The van der Waals surface area contributed by atoms with Crippen molar-refractivity contribution in [2.45, 2.75) is 44.7 Å². The van der Waals surface area contributed by atoms with Crippen LogP contribution in [-0.2, 0) is 20.7 Å². The summed E-state index contributed by atoms with van der Waals surface area (Å²) in [5.74, 6) is -0.0104. The monoisotopic (exact) mass is 479 g/mol. The molecule has 2 aliphatic heterocycles. The van der Waals surface area contributed by atoms with Gasteiger partial charge in [-0.25, -0.2) is 0 Å². The summed E-state index contributed by atoms with van der Waals surface area (Å²) in [5, 5.41) is 1.75. The van der Waals surface area contributed by atoms with Crippen molar-refractivity contribution in [2.24, 2.45) is 0 Å². The molecule has 1 saturated heterocycles. The number of hydrogen-bond acceptors (Lipinski definition) is 3. The van der Waals surface area contributed by atoms with Crippen LogP contribution >= 0.6 is 11.6 Å². The summed E-state index contributed by atoms with van der Waals surface area (Å²) in [6.07, 6.45) is 3.38. The Bertz CT molecular complexity index is 1190.